The Morgan fingerprint density at radius 3 is 2.15 bits per heavy atom. The predicted octanol–water partition coefficient (Wildman–Crippen LogP) is 4.25. The molecule has 3 atom stereocenters. The monoisotopic (exact) mass is 464 g/mol. The molecule has 1 aliphatic carbocycles. The van der Waals surface area contributed by atoms with E-state index >= 15 is 0 Å². The fourth-order valence-corrected chi connectivity index (χ4v) is 5.07. The van der Waals surface area contributed by atoms with Crippen LogP contribution >= 0.6 is 0 Å². The van der Waals surface area contributed by atoms with Gasteiger partial charge in [0, 0.05) is 18.6 Å². The van der Waals surface area contributed by atoms with Crippen LogP contribution in [0.15, 0.2) is 48.5 Å². The molecule has 0 N–H and O–H groups in total. The lowest BCUT2D eigenvalue weighted by Gasteiger charge is -2.38. The molecule has 0 heterocycles. The number of hydrogen-bond donors (Lipinski definition) is 0. The second-order valence-corrected chi connectivity index (χ2v) is 8.16. The fraction of sp³-hybridized carbons (Fsp3) is 0.333. The second kappa shape index (κ2) is 9.73. The van der Waals surface area contributed by atoms with Gasteiger partial charge in [0.25, 0.3) is 0 Å². The van der Waals surface area contributed by atoms with E-state index in [1.807, 2.05) is 48.5 Å². The number of Topliss-reactive ketones (excluding diaryl/α,β-unsaturated/α-hetero) is 1. The number of esters is 1. The minimum Gasteiger partial charge on any atom is -0.493 e. The van der Waals surface area contributed by atoms with Crippen LogP contribution in [0, 0.1) is 11.8 Å². The normalized spacial score (nSPS) is 19.4. The molecule has 4 rings (SSSR count). The van der Waals surface area contributed by atoms with E-state index in [1.165, 1.54) is 21.3 Å². The molecule has 0 unspecified atom stereocenters. The molecule has 0 spiro atoms. The van der Waals surface area contributed by atoms with Gasteiger partial charge in [-0.05, 0) is 34.0 Å². The van der Waals surface area contributed by atoms with Crippen molar-refractivity contribution in [2.45, 2.75) is 5.92 Å². The molecular formula is C27H28O7. The molecular weight excluding hydrogens is 436 g/mol. The van der Waals surface area contributed by atoms with Crippen molar-refractivity contribution in [3.8, 4) is 17.2 Å². The van der Waals surface area contributed by atoms with E-state index in [1.54, 1.807) is 14.2 Å². The molecule has 0 saturated carbocycles. The van der Waals surface area contributed by atoms with Gasteiger partial charge in [-0.25, -0.2) is 0 Å². The van der Waals surface area contributed by atoms with Crippen molar-refractivity contribution in [1.82, 2.24) is 0 Å². The van der Waals surface area contributed by atoms with Crippen molar-refractivity contribution in [3.63, 3.8) is 0 Å². The maximum atomic E-state index is 13.6. The average Bonchev–Trinajstić information content (AvgIpc) is 2.88. The fourth-order valence-electron chi connectivity index (χ4n) is 5.07. The molecule has 0 amide bonds. The summed E-state index contributed by atoms with van der Waals surface area (Å²) in [5.41, 5.74) is 2.09. The number of ether oxygens (including phenoxy) is 5. The van der Waals surface area contributed by atoms with Crippen molar-refractivity contribution < 1.29 is 33.3 Å². The zero-order chi connectivity index (χ0) is 24.4. The Morgan fingerprint density at radius 2 is 1.56 bits per heavy atom. The molecule has 3 aromatic rings. The number of rotatable bonds is 7. The first-order valence-electron chi connectivity index (χ1n) is 10.9. The number of hydrogen-bond acceptors (Lipinski definition) is 7. The lowest BCUT2D eigenvalue weighted by molar-refractivity contribution is -0.148. The van der Waals surface area contributed by atoms with E-state index in [0.717, 1.165) is 21.9 Å². The summed E-state index contributed by atoms with van der Waals surface area (Å²) in [6.07, 6.45) is 0. The number of carbonyl (C=O) groups excluding carboxylic acids is 2. The van der Waals surface area contributed by atoms with Crippen LogP contribution in [0.5, 0.6) is 17.2 Å². The van der Waals surface area contributed by atoms with Gasteiger partial charge in [0.1, 0.15) is 0 Å². The lowest BCUT2D eigenvalue weighted by Crippen LogP contribution is -2.42. The van der Waals surface area contributed by atoms with Gasteiger partial charge in [0.2, 0.25) is 5.75 Å². The Bertz CT molecular complexity index is 1210. The smallest absolute Gasteiger partial charge is 0.310 e. The zero-order valence-corrected chi connectivity index (χ0v) is 19.9. The largest absolute Gasteiger partial charge is 0.493 e. The maximum absolute atomic E-state index is 13.6. The minimum absolute atomic E-state index is 0.0891. The number of fused-ring (bicyclic) bond motifs is 3. The van der Waals surface area contributed by atoms with E-state index in [4.69, 9.17) is 23.7 Å². The highest BCUT2D eigenvalue weighted by molar-refractivity contribution is 6.08. The summed E-state index contributed by atoms with van der Waals surface area (Å²) in [4.78, 5) is 26.9. The average molecular weight is 465 g/mol. The molecule has 0 saturated heterocycles. The highest BCUT2D eigenvalue weighted by Gasteiger charge is 2.48. The number of ketones is 1. The molecule has 7 nitrogen and oxygen atoms in total. The summed E-state index contributed by atoms with van der Waals surface area (Å²) < 4.78 is 27.3. The van der Waals surface area contributed by atoms with Gasteiger partial charge in [-0.2, -0.15) is 0 Å². The molecule has 178 valence electrons. The molecule has 1 aliphatic rings. The lowest BCUT2D eigenvalue weighted by atomic mass is 9.65. The predicted molar refractivity (Wildman–Crippen MR) is 127 cm³/mol. The van der Waals surface area contributed by atoms with E-state index in [-0.39, 0.29) is 12.4 Å². The third-order valence-electron chi connectivity index (χ3n) is 6.54. The molecule has 0 aromatic heterocycles. The van der Waals surface area contributed by atoms with Gasteiger partial charge in [0.15, 0.2) is 17.3 Å². The maximum Gasteiger partial charge on any atom is 0.310 e. The first kappa shape index (κ1) is 23.6. The van der Waals surface area contributed by atoms with Crippen molar-refractivity contribution in [2.75, 3.05) is 42.2 Å². The summed E-state index contributed by atoms with van der Waals surface area (Å²) >= 11 is 0. The third kappa shape index (κ3) is 3.76. The zero-order valence-electron chi connectivity index (χ0n) is 19.9. The SMILES string of the molecule is COC[C@H]1C(=O)c2ccc3ccccc3c2[C@@H](c2cc(OC)c(OC)c(OC)c2)[C@@H]1C(=O)OC. The van der Waals surface area contributed by atoms with Crippen LogP contribution in [0.4, 0.5) is 0 Å². The quantitative estimate of drug-likeness (QED) is 0.484. The Morgan fingerprint density at radius 1 is 0.882 bits per heavy atom. The molecule has 7 heteroatoms. The van der Waals surface area contributed by atoms with E-state index < -0.39 is 23.7 Å². The highest BCUT2D eigenvalue weighted by atomic mass is 16.5. The number of methoxy groups -OCH3 is 5. The van der Waals surface area contributed by atoms with Crippen LogP contribution < -0.4 is 14.2 Å². The standard InChI is InChI=1S/C27H28O7/c1-30-14-19-24(27(29)34-5)22(16-12-20(31-2)26(33-4)21(13-16)32-3)23-17-9-7-6-8-15(17)10-11-18(23)25(19)28/h6-13,19,22,24H,14H2,1-5H3/t19-,22-,24-/m1/s1. The van der Waals surface area contributed by atoms with Crippen molar-refractivity contribution >= 4 is 22.5 Å². The molecule has 3 aromatic carbocycles. The Labute approximate surface area is 198 Å². The van der Waals surface area contributed by atoms with Gasteiger partial charge in [-0.3, -0.25) is 9.59 Å². The van der Waals surface area contributed by atoms with Crippen molar-refractivity contribution in [1.29, 1.82) is 0 Å². The molecule has 0 bridgehead atoms. The number of carbonyl (C=O) groups is 2. The first-order chi connectivity index (χ1) is 16.5. The summed E-state index contributed by atoms with van der Waals surface area (Å²) in [7, 11) is 7.47. The number of benzene rings is 3. The summed E-state index contributed by atoms with van der Waals surface area (Å²) in [6.45, 7) is 0.0891. The van der Waals surface area contributed by atoms with Crippen LogP contribution in [0.3, 0.4) is 0 Å². The minimum atomic E-state index is -0.807. The van der Waals surface area contributed by atoms with Crippen LogP contribution in [-0.4, -0.2) is 53.9 Å². The topological polar surface area (TPSA) is 80.3 Å². The van der Waals surface area contributed by atoms with Gasteiger partial charge in [0.05, 0.1) is 46.9 Å². The Hall–Kier alpha value is -3.58. The highest BCUT2D eigenvalue weighted by Crippen LogP contribution is 2.50. The summed E-state index contributed by atoms with van der Waals surface area (Å²) in [5.74, 6) is -1.28. The van der Waals surface area contributed by atoms with E-state index in [9.17, 15) is 9.59 Å². The Balaban J connectivity index is 2.09. The molecule has 0 radical (unpaired) electrons. The van der Waals surface area contributed by atoms with Crippen LogP contribution in [0.25, 0.3) is 10.8 Å². The summed E-state index contributed by atoms with van der Waals surface area (Å²) in [5, 5.41) is 1.87. The van der Waals surface area contributed by atoms with Crippen molar-refractivity contribution in [2.24, 2.45) is 11.8 Å². The Kier molecular flexibility index (Phi) is 6.75. The second-order valence-electron chi connectivity index (χ2n) is 8.16. The van der Waals surface area contributed by atoms with Gasteiger partial charge in [-0.1, -0.05) is 36.4 Å². The van der Waals surface area contributed by atoms with Gasteiger partial charge >= 0.3 is 5.97 Å². The molecule has 34 heavy (non-hydrogen) atoms. The van der Waals surface area contributed by atoms with E-state index in [0.29, 0.717) is 22.8 Å². The van der Waals surface area contributed by atoms with Crippen molar-refractivity contribution in [3.05, 3.63) is 65.2 Å². The first-order valence-corrected chi connectivity index (χ1v) is 10.9. The van der Waals surface area contributed by atoms with Gasteiger partial charge in [-0.15, -0.1) is 0 Å². The third-order valence-corrected chi connectivity index (χ3v) is 6.54. The van der Waals surface area contributed by atoms with Crippen LogP contribution in [0.2, 0.25) is 0 Å². The molecule has 0 fully saturated rings. The van der Waals surface area contributed by atoms with Crippen LogP contribution in [-0.2, 0) is 14.3 Å². The van der Waals surface area contributed by atoms with E-state index in [2.05, 4.69) is 0 Å². The van der Waals surface area contributed by atoms with Crippen LogP contribution in [0.1, 0.15) is 27.4 Å². The summed E-state index contributed by atoms with van der Waals surface area (Å²) in [6, 6.07) is 15.2. The molecule has 0 aliphatic heterocycles. The van der Waals surface area contributed by atoms with Gasteiger partial charge < -0.3 is 23.7 Å².